The number of nitrogens with zero attached hydrogens (tertiary/aromatic N) is 7. The van der Waals surface area contributed by atoms with Crippen molar-refractivity contribution < 1.29 is 159 Å². The molecule has 1 unspecified atom stereocenters. The third kappa shape index (κ3) is 73.3. The normalized spacial score (nSPS) is 13.4. The zero-order valence-electron chi connectivity index (χ0n) is 83.6. The number of carboxylic acid groups (broad SMARTS) is 5. The van der Waals surface area contributed by atoms with Gasteiger partial charge in [0.15, 0.2) is 5.11 Å². The van der Waals surface area contributed by atoms with Gasteiger partial charge in [-0.2, -0.15) is 28.8 Å². The summed E-state index contributed by atoms with van der Waals surface area (Å²) in [4.78, 5) is 191. The number of nitrogens with one attached hydrogen (secondary N) is 10. The Bertz CT molecular complexity index is 4420. The van der Waals surface area contributed by atoms with Crippen LogP contribution < -0.4 is 53.2 Å². The SMILES string of the molecule is CN1CCN(CC(=O)O)CCN(CC(=O)O)CC(Cc2ccc(NC(=S)NCCCC[C@H](NC(=O)CCOCCOCCOCCn3cc(-c4cccc(NC(=O)NCCCC[C@H](NC(=O)NCCCC(=O)O)C(=O)O)c4)nn3)C(=O)NCCOCCOCCOCCOCCOCCOCCOCCOCCC(=O)N[C@@H](CCCCNC(=O)CCCc3ccc(I)cc3)C(=O)O)cc2)N(C)CC1.O=C=O.O=C=O.O=C=O. The van der Waals surface area contributed by atoms with Crippen LogP contribution in [0.25, 0.3) is 11.3 Å². The molecule has 0 bridgehead atoms. The lowest BCUT2D eigenvalue weighted by Gasteiger charge is -2.36. The molecular formula is C95H146IN17O33S. The van der Waals surface area contributed by atoms with E-state index in [1.54, 1.807) is 29.1 Å². The molecule has 0 spiro atoms. The molecule has 0 radical (unpaired) electrons. The number of aliphatic carboxylic acids is 5. The molecule has 2 heterocycles. The molecule has 52 heteroatoms. The highest BCUT2D eigenvalue weighted by Gasteiger charge is 2.27. The van der Waals surface area contributed by atoms with E-state index < -0.39 is 65.9 Å². The number of aromatic nitrogens is 3. The second kappa shape index (κ2) is 87.5. The first-order valence-electron chi connectivity index (χ1n) is 48.4. The molecule has 147 heavy (non-hydrogen) atoms. The number of ether oxygens (including phenoxy) is 11. The largest absolute Gasteiger partial charge is 0.481 e. The lowest BCUT2D eigenvalue weighted by molar-refractivity contribution is -0.193. The fourth-order valence-electron chi connectivity index (χ4n) is 13.7. The van der Waals surface area contributed by atoms with Gasteiger partial charge < -0.3 is 141 Å². The van der Waals surface area contributed by atoms with Crippen molar-refractivity contribution in [3.8, 4) is 11.3 Å². The Kier molecular flexibility index (Phi) is 78.4. The predicted octanol–water partition coefficient (Wildman–Crippen LogP) is 1.87. The zero-order valence-corrected chi connectivity index (χ0v) is 86.6. The summed E-state index contributed by atoms with van der Waals surface area (Å²) in [5.41, 5.74) is 4.75. The van der Waals surface area contributed by atoms with Crippen molar-refractivity contribution in [2.24, 2.45) is 0 Å². The number of aryl methyl sites for hydroxylation is 1. The second-order valence-electron chi connectivity index (χ2n) is 32.8. The summed E-state index contributed by atoms with van der Waals surface area (Å²) in [6, 6.07) is 18.9. The van der Waals surface area contributed by atoms with Crippen LogP contribution in [0.2, 0.25) is 0 Å². The first-order chi connectivity index (χ1) is 71.0. The predicted molar refractivity (Wildman–Crippen MR) is 538 cm³/mol. The molecule has 8 amide bonds. The summed E-state index contributed by atoms with van der Waals surface area (Å²) < 4.78 is 64.6. The van der Waals surface area contributed by atoms with Gasteiger partial charge in [-0.05, 0) is 180 Å². The van der Waals surface area contributed by atoms with Gasteiger partial charge in [-0.25, -0.2) is 23.9 Å². The van der Waals surface area contributed by atoms with Crippen LogP contribution >= 0.6 is 34.8 Å². The van der Waals surface area contributed by atoms with Gasteiger partial charge in [0.25, 0.3) is 0 Å². The van der Waals surface area contributed by atoms with Crippen LogP contribution in [0.3, 0.4) is 0 Å². The second-order valence-corrected chi connectivity index (χ2v) is 34.5. The molecule has 822 valence electrons. The maximum atomic E-state index is 13.7. The molecule has 4 aromatic rings. The van der Waals surface area contributed by atoms with Gasteiger partial charge in [0.2, 0.25) is 23.6 Å². The average molecular weight is 2210 g/mol. The van der Waals surface area contributed by atoms with Crippen molar-refractivity contribution in [1.82, 2.24) is 77.1 Å². The molecule has 50 nitrogen and oxygen atoms in total. The van der Waals surface area contributed by atoms with E-state index in [0.717, 1.165) is 40.8 Å². The van der Waals surface area contributed by atoms with Gasteiger partial charge in [-0.15, -0.1) is 5.10 Å². The zero-order chi connectivity index (χ0) is 108. The van der Waals surface area contributed by atoms with Gasteiger partial charge in [0.05, 0.1) is 171 Å². The van der Waals surface area contributed by atoms with Gasteiger partial charge in [0, 0.05) is 131 Å². The Morgan fingerprint density at radius 1 is 0.422 bits per heavy atom. The number of unbranched alkanes of at least 4 members (excludes halogenated alkanes) is 3. The minimum absolute atomic E-state index is 0.00358. The number of likely N-dealkylation sites (N-methyl/N-ethyl adjacent to an activating group) is 2. The standard InChI is InChI=1S/C92H146IN17O27S.3CO2/c1-106-35-37-107(2)76(66-109(69-86(118)119)40-39-108(38-36-106)68-85(116)117)64-71-22-26-74(27-23-71)100-92(138)98-32-8-3-15-77(101-82(112)28-42-127-46-50-131-53-49-130-45-41-110-67-80(104-105-110)72-13-10-14-75(65-72)99-90(125)96-31-7-5-17-79(89(123)124)103-91(126)97-33-11-19-84(114)115)87(120)95-34-44-129-48-52-133-55-57-135-59-61-137-63-62-136-60-58-134-56-54-132-51-47-128-43-29-83(113)102-78(88(121)122)16-4-6-30-94-81(111)18-9-12-70-20-24-73(93)25-21-70;3*2-1-3/h10,13-14,20-27,65,67,76-79H,3-9,11-12,15-19,28-64,66,68-69H2,1-2H3,(H,94,111)(H,95,120)(H,101,112)(H,102,113)(H,114,115)(H,116,117)(H,118,119)(H,121,122)(H,123,124)(H2,96,99,125)(H2,97,103,126)(H2,98,100,138);;;/t76?,77-,78-,79-;;;/m0.../s1. The Labute approximate surface area is 873 Å². The summed E-state index contributed by atoms with van der Waals surface area (Å²) in [6.07, 6.45) is 8.97. The minimum Gasteiger partial charge on any atom is -0.481 e. The van der Waals surface area contributed by atoms with Crippen molar-refractivity contribution in [1.29, 1.82) is 0 Å². The lowest BCUT2D eigenvalue weighted by Crippen LogP contribution is -2.50. The fourth-order valence-corrected chi connectivity index (χ4v) is 14.2. The topological polar surface area (TPSA) is 657 Å². The summed E-state index contributed by atoms with van der Waals surface area (Å²) in [5.74, 6) is -6.42. The van der Waals surface area contributed by atoms with Crippen LogP contribution in [0, 0.1) is 3.57 Å². The number of carbonyl (C=O) groups excluding carboxylic acids is 12. The van der Waals surface area contributed by atoms with Crippen molar-refractivity contribution in [2.45, 2.75) is 140 Å². The molecule has 15 N–H and O–H groups in total. The molecule has 0 aliphatic carbocycles. The third-order valence-corrected chi connectivity index (χ3v) is 22.3. The molecule has 5 rings (SSSR count). The number of urea groups is 2. The van der Waals surface area contributed by atoms with Crippen LogP contribution in [-0.2, 0) is 143 Å². The molecule has 4 atom stereocenters. The van der Waals surface area contributed by atoms with E-state index in [4.69, 9.17) is 98.2 Å². The number of rotatable bonds is 77. The molecule has 1 aliphatic rings. The van der Waals surface area contributed by atoms with Crippen LogP contribution in [-0.4, -0.2) is 424 Å². The first-order valence-corrected chi connectivity index (χ1v) is 49.9. The number of halogens is 1. The highest BCUT2D eigenvalue weighted by atomic mass is 127. The van der Waals surface area contributed by atoms with E-state index in [9.17, 15) is 73.2 Å². The maximum Gasteiger partial charge on any atom is 0.373 e. The highest BCUT2D eigenvalue weighted by Crippen LogP contribution is 2.22. The lowest BCUT2D eigenvalue weighted by atomic mass is 10.0. The molecule has 1 aromatic heterocycles. The Hall–Kier alpha value is -11.5. The number of carbonyl (C=O) groups is 11. The summed E-state index contributed by atoms with van der Waals surface area (Å²) in [5, 5.41) is 84.1. The van der Waals surface area contributed by atoms with Crippen molar-refractivity contribution in [3.63, 3.8) is 0 Å². The smallest absolute Gasteiger partial charge is 0.373 e. The molecule has 1 saturated heterocycles. The number of thiocarbonyl (C=S) groups is 1. The number of carboxylic acids is 5. The first kappa shape index (κ1) is 132. The van der Waals surface area contributed by atoms with E-state index in [-0.39, 0.29) is 173 Å². The van der Waals surface area contributed by atoms with Gasteiger partial charge in [-0.3, -0.25) is 43.4 Å². The van der Waals surface area contributed by atoms with Crippen molar-refractivity contribution in [3.05, 3.63) is 93.7 Å². The third-order valence-electron chi connectivity index (χ3n) is 21.3. The van der Waals surface area contributed by atoms with Crippen molar-refractivity contribution in [2.75, 3.05) is 262 Å². The molecule has 1 fully saturated rings. The highest BCUT2D eigenvalue weighted by molar-refractivity contribution is 14.1. The number of benzene rings is 3. The van der Waals surface area contributed by atoms with Crippen LogP contribution in [0.4, 0.5) is 21.0 Å². The summed E-state index contributed by atoms with van der Waals surface area (Å²) in [6.45, 7) is 12.0. The molecule has 3 aromatic carbocycles. The maximum absolute atomic E-state index is 13.7. The Balaban J connectivity index is 0.00000780. The van der Waals surface area contributed by atoms with Gasteiger partial charge >= 0.3 is 60.4 Å². The summed E-state index contributed by atoms with van der Waals surface area (Å²) in [7, 11) is 4.06. The number of anilines is 2. The van der Waals surface area contributed by atoms with Crippen molar-refractivity contribution >= 4 is 135 Å². The molecule has 0 saturated carbocycles. The number of hydrogen-bond acceptors (Lipinski definition) is 35. The van der Waals surface area contributed by atoms with Gasteiger partial charge in [-0.1, -0.05) is 41.6 Å². The van der Waals surface area contributed by atoms with E-state index in [2.05, 4.69) is 108 Å². The number of amides is 8. The Morgan fingerprint density at radius 2 is 0.864 bits per heavy atom. The quantitative estimate of drug-likeness (QED) is 0.0170. The van der Waals surface area contributed by atoms with E-state index in [0.29, 0.717) is 218 Å². The monoisotopic (exact) mass is 2210 g/mol. The average Bonchev–Trinajstić information content (AvgIpc) is 1.72. The fraction of sp³-hybridized carbons (Fsp3) is 0.632. The van der Waals surface area contributed by atoms with Crippen LogP contribution in [0.15, 0.2) is 79.0 Å². The van der Waals surface area contributed by atoms with Crippen LogP contribution in [0.1, 0.15) is 107 Å². The van der Waals surface area contributed by atoms with E-state index in [1.165, 1.54) is 5.56 Å². The molecular weight excluding hydrogens is 2070 g/mol. The van der Waals surface area contributed by atoms with Gasteiger partial charge in [0.1, 0.15) is 23.8 Å². The number of hydrogen-bond donors (Lipinski definition) is 15. The minimum atomic E-state index is -1.22. The summed E-state index contributed by atoms with van der Waals surface area (Å²) >= 11 is 7.92. The Morgan fingerprint density at radius 3 is 1.39 bits per heavy atom. The van der Waals surface area contributed by atoms with E-state index >= 15 is 0 Å². The van der Waals surface area contributed by atoms with E-state index in [1.807, 2.05) is 66.4 Å². The molecule has 1 aliphatic heterocycles. The van der Waals surface area contributed by atoms with Crippen LogP contribution in [0.5, 0.6) is 0 Å².